The van der Waals surface area contributed by atoms with Gasteiger partial charge < -0.3 is 10.1 Å². The number of H-pyrrole nitrogens is 1. The maximum Gasteiger partial charge on any atom is 0.414 e. The number of nitrogens with zero attached hydrogens (tertiary/aromatic N) is 3. The minimum absolute atomic E-state index is 0.198. The quantitative estimate of drug-likeness (QED) is 0.481. The van der Waals surface area contributed by atoms with Gasteiger partial charge in [0, 0.05) is 12.5 Å². The number of amides is 2. The number of aromatic nitrogens is 3. The van der Waals surface area contributed by atoms with Crippen LogP contribution in [0.4, 0.5) is 14.9 Å². The summed E-state index contributed by atoms with van der Waals surface area (Å²) in [6.07, 6.45) is 2.52. The van der Waals surface area contributed by atoms with Gasteiger partial charge in [-0.15, -0.1) is 0 Å². The van der Waals surface area contributed by atoms with E-state index in [9.17, 15) is 9.59 Å². The number of carbonyl (C=O) groups is 2. The second-order valence-electron chi connectivity index (χ2n) is 9.24. The van der Waals surface area contributed by atoms with Crippen molar-refractivity contribution in [1.29, 1.82) is 0 Å². The third kappa shape index (κ3) is 6.03. The van der Waals surface area contributed by atoms with E-state index in [1.54, 1.807) is 18.3 Å². The fraction of sp³-hybridized carbons (Fsp3) is 0.385. The van der Waals surface area contributed by atoms with Gasteiger partial charge in [0.2, 0.25) is 5.91 Å². The molecular weight excluding hydrogens is 449 g/mol. The number of aromatic amines is 1. The number of rotatable bonds is 9. The van der Waals surface area contributed by atoms with E-state index in [0.717, 1.165) is 24.1 Å². The van der Waals surface area contributed by atoms with E-state index in [1.807, 2.05) is 24.3 Å². The van der Waals surface area contributed by atoms with Gasteiger partial charge in [-0.2, -0.15) is 15.4 Å². The molecule has 1 fully saturated rings. The molecule has 0 spiro atoms. The van der Waals surface area contributed by atoms with Gasteiger partial charge >= 0.3 is 6.09 Å². The summed E-state index contributed by atoms with van der Waals surface area (Å²) >= 11 is 0. The summed E-state index contributed by atoms with van der Waals surface area (Å²) in [6, 6.07) is 12.7. The average Bonchev–Trinajstić information content (AvgIpc) is 3.47. The van der Waals surface area contributed by atoms with Crippen LogP contribution in [0.1, 0.15) is 32.0 Å². The van der Waals surface area contributed by atoms with Crippen LogP contribution >= 0.6 is 0 Å². The number of ether oxygens (including phenoxy) is 1. The highest BCUT2D eigenvalue weighted by atomic mass is 19.1. The highest BCUT2D eigenvalue weighted by Crippen LogP contribution is 2.30. The molecule has 2 N–H and O–H groups in total. The predicted octanol–water partition coefficient (Wildman–Crippen LogP) is 4.13. The topological polar surface area (TPSA) is 100 Å². The van der Waals surface area contributed by atoms with E-state index >= 15 is 4.39 Å². The lowest BCUT2D eigenvalue weighted by atomic mass is 9.86. The summed E-state index contributed by atoms with van der Waals surface area (Å²) in [7, 11) is 0. The monoisotopic (exact) mass is 479 g/mol. The first-order valence-electron chi connectivity index (χ1n) is 11.8. The largest absolute Gasteiger partial charge is 0.442 e. The normalized spacial score (nSPS) is 17.2. The Morgan fingerprint density at radius 3 is 2.60 bits per heavy atom. The summed E-state index contributed by atoms with van der Waals surface area (Å²) in [5, 5.41) is 13.3. The molecule has 2 unspecified atom stereocenters. The molecule has 35 heavy (non-hydrogen) atoms. The highest BCUT2D eigenvalue weighted by molar-refractivity contribution is 5.90. The molecule has 184 valence electrons. The predicted molar refractivity (Wildman–Crippen MR) is 130 cm³/mol. The number of nitrogens with one attached hydrogen (secondary N) is 2. The Balaban J connectivity index is 1.39. The number of benzene rings is 2. The van der Waals surface area contributed by atoms with Crippen LogP contribution in [0.25, 0.3) is 11.1 Å². The van der Waals surface area contributed by atoms with Crippen LogP contribution in [0, 0.1) is 17.7 Å². The molecule has 2 amide bonds. The van der Waals surface area contributed by atoms with Gasteiger partial charge in [0.1, 0.15) is 11.9 Å². The molecule has 2 aromatic carbocycles. The number of hydrogen-bond donors (Lipinski definition) is 2. The molecule has 3 atom stereocenters. The molecule has 1 saturated heterocycles. The molecule has 1 aliphatic rings. The van der Waals surface area contributed by atoms with Crippen LogP contribution in [0.15, 0.2) is 48.7 Å². The number of hydrogen-bond acceptors (Lipinski definition) is 5. The van der Waals surface area contributed by atoms with Gasteiger partial charge in [-0.1, -0.05) is 38.1 Å². The number of anilines is 1. The van der Waals surface area contributed by atoms with Crippen molar-refractivity contribution in [3.05, 3.63) is 65.7 Å². The molecule has 0 radical (unpaired) electrons. The Morgan fingerprint density at radius 2 is 1.94 bits per heavy atom. The molecule has 1 aliphatic heterocycles. The number of carbonyl (C=O) groups excluding carboxylic acids is 2. The van der Waals surface area contributed by atoms with Crippen molar-refractivity contribution in [3.8, 4) is 11.1 Å². The zero-order valence-electron chi connectivity index (χ0n) is 20.1. The first-order valence-corrected chi connectivity index (χ1v) is 11.8. The Morgan fingerprint density at radius 1 is 1.20 bits per heavy atom. The third-order valence-corrected chi connectivity index (χ3v) is 6.51. The van der Waals surface area contributed by atoms with Gasteiger partial charge in [0.25, 0.3) is 0 Å². The summed E-state index contributed by atoms with van der Waals surface area (Å²) in [5.41, 5.74) is 3.82. The first kappa shape index (κ1) is 24.4. The van der Waals surface area contributed by atoms with Crippen molar-refractivity contribution in [1.82, 2.24) is 20.7 Å². The molecule has 0 aliphatic carbocycles. The molecular formula is C26H30FN5O3. The average molecular weight is 480 g/mol. The lowest BCUT2D eigenvalue weighted by Gasteiger charge is -2.19. The van der Waals surface area contributed by atoms with Crippen molar-refractivity contribution >= 4 is 17.7 Å². The van der Waals surface area contributed by atoms with E-state index in [2.05, 4.69) is 34.6 Å². The number of halogens is 1. The maximum atomic E-state index is 15.0. The van der Waals surface area contributed by atoms with Gasteiger partial charge in [0.15, 0.2) is 0 Å². The Hall–Kier alpha value is -3.75. The summed E-state index contributed by atoms with van der Waals surface area (Å²) < 4.78 is 20.3. The van der Waals surface area contributed by atoms with E-state index < -0.39 is 18.0 Å². The fourth-order valence-electron chi connectivity index (χ4n) is 4.25. The molecule has 9 heteroatoms. The van der Waals surface area contributed by atoms with Crippen LogP contribution in [-0.4, -0.2) is 46.6 Å². The van der Waals surface area contributed by atoms with Crippen LogP contribution in [0.5, 0.6) is 0 Å². The van der Waals surface area contributed by atoms with Gasteiger partial charge in [-0.05, 0) is 54.0 Å². The standard InChI is InChI=1S/C26H30FN5O3/c1-16(17(2)11-21-13-29-31-30-21)10-19-4-6-20(7-5-19)24-9-8-22(12-25(24)27)32-15-23(35-26(32)34)14-28-18(3)33/h4-9,12-13,16-17,23H,10-11,14-15H2,1-3H3,(H,28,33)(H,29,30,31)/t16?,17?,23-/m0/s1. The van der Waals surface area contributed by atoms with Crippen LogP contribution in [0.2, 0.25) is 0 Å². The zero-order chi connectivity index (χ0) is 24.9. The molecule has 8 nitrogen and oxygen atoms in total. The maximum absolute atomic E-state index is 15.0. The van der Waals surface area contributed by atoms with E-state index in [4.69, 9.17) is 4.74 Å². The Kier molecular flexibility index (Phi) is 7.43. The van der Waals surface area contributed by atoms with Crippen molar-refractivity contribution in [3.63, 3.8) is 0 Å². The second kappa shape index (κ2) is 10.7. The highest BCUT2D eigenvalue weighted by Gasteiger charge is 2.32. The lowest BCUT2D eigenvalue weighted by Crippen LogP contribution is -2.33. The smallest absolute Gasteiger partial charge is 0.414 e. The Bertz CT molecular complexity index is 1170. The summed E-state index contributed by atoms with van der Waals surface area (Å²) in [5.74, 6) is 0.280. The molecule has 4 rings (SSSR count). The number of cyclic esters (lactones) is 1. The van der Waals surface area contributed by atoms with Crippen molar-refractivity contribution in [2.75, 3.05) is 18.0 Å². The molecule has 3 aromatic rings. The van der Waals surface area contributed by atoms with Crippen molar-refractivity contribution in [2.24, 2.45) is 11.8 Å². The molecule has 1 aromatic heterocycles. The minimum Gasteiger partial charge on any atom is -0.442 e. The SMILES string of the molecule is CC(=O)NC[C@H]1CN(c2ccc(-c3ccc(CC(C)C(C)Cc4cn[nH]n4)cc3)c(F)c2)C(=O)O1. The summed E-state index contributed by atoms with van der Waals surface area (Å²) in [4.78, 5) is 24.7. The first-order chi connectivity index (χ1) is 16.8. The molecule has 2 heterocycles. The molecule has 0 bridgehead atoms. The van der Waals surface area contributed by atoms with Crippen LogP contribution in [0.3, 0.4) is 0 Å². The van der Waals surface area contributed by atoms with E-state index in [-0.39, 0.29) is 19.0 Å². The fourth-order valence-corrected chi connectivity index (χ4v) is 4.25. The van der Waals surface area contributed by atoms with Gasteiger partial charge in [-0.25, -0.2) is 9.18 Å². The van der Waals surface area contributed by atoms with Gasteiger partial charge in [-0.3, -0.25) is 9.69 Å². The Labute approximate surface area is 203 Å². The van der Waals surface area contributed by atoms with Crippen LogP contribution in [-0.2, 0) is 22.4 Å². The molecule has 0 saturated carbocycles. The minimum atomic E-state index is -0.552. The second-order valence-corrected chi connectivity index (χ2v) is 9.24. The summed E-state index contributed by atoms with van der Waals surface area (Å²) in [6.45, 7) is 6.31. The van der Waals surface area contributed by atoms with Gasteiger partial charge in [0.05, 0.1) is 30.7 Å². The van der Waals surface area contributed by atoms with Crippen molar-refractivity contribution < 1.29 is 18.7 Å². The van der Waals surface area contributed by atoms with Crippen molar-refractivity contribution in [2.45, 2.75) is 39.7 Å². The van der Waals surface area contributed by atoms with E-state index in [0.29, 0.717) is 23.1 Å². The zero-order valence-corrected chi connectivity index (χ0v) is 20.1. The van der Waals surface area contributed by atoms with E-state index in [1.165, 1.54) is 23.5 Å². The third-order valence-electron chi connectivity index (χ3n) is 6.51. The lowest BCUT2D eigenvalue weighted by molar-refractivity contribution is -0.119. The van der Waals surface area contributed by atoms with Crippen LogP contribution < -0.4 is 10.2 Å².